The summed E-state index contributed by atoms with van der Waals surface area (Å²) in [5.74, 6) is 0. The summed E-state index contributed by atoms with van der Waals surface area (Å²) < 4.78 is 78.5. The summed E-state index contributed by atoms with van der Waals surface area (Å²) >= 11 is 0. The van der Waals surface area contributed by atoms with Gasteiger partial charge in [-0.25, -0.2) is 0 Å². The van der Waals surface area contributed by atoms with Gasteiger partial charge in [-0.3, -0.25) is 0 Å². The first kappa shape index (κ1) is 17.3. The highest BCUT2D eigenvalue weighted by Crippen LogP contribution is 2.45. The third kappa shape index (κ3) is 3.72. The van der Waals surface area contributed by atoms with E-state index >= 15 is 0 Å². The Morgan fingerprint density at radius 3 is 1.72 bits per heavy atom. The maximum atomic E-state index is 9.30. The highest BCUT2D eigenvalue weighted by molar-refractivity contribution is 6.23. The summed E-state index contributed by atoms with van der Waals surface area (Å²) in [6, 6.07) is 31.8. The molecule has 1 nitrogen and oxygen atoms in total. The van der Waals surface area contributed by atoms with Crippen LogP contribution in [0.5, 0.6) is 0 Å². The van der Waals surface area contributed by atoms with Crippen LogP contribution in [-0.2, 0) is 0 Å². The van der Waals surface area contributed by atoms with Crippen molar-refractivity contribution in [2.45, 2.75) is 0 Å². The first-order chi connectivity index (χ1) is 24.7. The van der Waals surface area contributed by atoms with Gasteiger partial charge in [0.1, 0.15) is 11.2 Å². The van der Waals surface area contributed by atoms with Gasteiger partial charge in [-0.1, -0.05) is 133 Å². The minimum absolute atomic E-state index is 0.177. The molecule has 1 heteroatoms. The number of fused-ring (bicyclic) bond motifs is 7. The fraction of sp³-hybridized carbons (Fsp3) is 0. The number of hydrogen-bond acceptors (Lipinski definition) is 1. The third-order valence-electron chi connectivity index (χ3n) is 8.28. The van der Waals surface area contributed by atoms with Gasteiger partial charge in [-0.15, -0.1) is 0 Å². The number of rotatable bonds is 3. The van der Waals surface area contributed by atoms with Crippen molar-refractivity contribution in [3.63, 3.8) is 0 Å². The predicted molar refractivity (Wildman–Crippen MR) is 183 cm³/mol. The molecule has 0 aliphatic heterocycles. The molecule has 0 N–H and O–H groups in total. The molecular formula is C42H26O. The van der Waals surface area contributed by atoms with Crippen molar-refractivity contribution in [3.8, 4) is 33.4 Å². The van der Waals surface area contributed by atoms with Gasteiger partial charge >= 0.3 is 0 Å². The molecule has 0 atom stereocenters. The van der Waals surface area contributed by atoms with E-state index in [0.717, 1.165) is 32.7 Å². The SMILES string of the molecule is [2H]c1c([2H])c([2H])c2c(-c3ccc4oc5c6ccccc6ccc5c4c3)c3c([2H])c([2H])c([2H])c([2H])c3c(-c3cccc(-c4ccccc4)c3)c2c1[2H]. The molecule has 0 aliphatic rings. The number of hydrogen-bond donors (Lipinski definition) is 0. The first-order valence-corrected chi connectivity index (χ1v) is 14.1. The minimum atomic E-state index is -0.431. The highest BCUT2D eigenvalue weighted by atomic mass is 16.3. The van der Waals surface area contributed by atoms with E-state index in [4.69, 9.17) is 9.90 Å². The molecule has 0 aliphatic carbocycles. The fourth-order valence-electron chi connectivity index (χ4n) is 6.35. The molecule has 1 heterocycles. The van der Waals surface area contributed by atoms with E-state index in [1.54, 1.807) is 6.07 Å². The standard InChI is InChI=1S/C42H26O/c1-2-11-27(12-3-1)29-14-10-15-30(25-29)40-33-17-6-8-19-35(33)41(36-20-9-7-18-34(36)40)31-22-24-39-38(26-31)37-23-21-28-13-4-5-16-32(28)42(37)43-39/h1-26H/i6D,7D,8D,9D,17D,18D,19D,20D. The molecule has 0 unspecified atom stereocenters. The lowest BCUT2D eigenvalue weighted by Crippen LogP contribution is -1.91. The lowest BCUT2D eigenvalue weighted by Gasteiger charge is -2.18. The molecule has 0 amide bonds. The summed E-state index contributed by atoms with van der Waals surface area (Å²) in [5.41, 5.74) is 4.85. The summed E-state index contributed by atoms with van der Waals surface area (Å²) in [6.45, 7) is 0. The Balaban J connectivity index is 1.48. The van der Waals surface area contributed by atoms with Gasteiger partial charge in [0.25, 0.3) is 0 Å². The van der Waals surface area contributed by atoms with Crippen LogP contribution >= 0.6 is 0 Å². The Morgan fingerprint density at radius 1 is 0.395 bits per heavy atom. The Morgan fingerprint density at radius 2 is 1.00 bits per heavy atom. The van der Waals surface area contributed by atoms with Crippen molar-refractivity contribution in [2.24, 2.45) is 0 Å². The van der Waals surface area contributed by atoms with Crippen LogP contribution in [0.4, 0.5) is 0 Å². The molecule has 0 radical (unpaired) electrons. The van der Waals surface area contributed by atoms with Gasteiger partial charge < -0.3 is 4.42 Å². The topological polar surface area (TPSA) is 13.1 Å². The van der Waals surface area contributed by atoms with E-state index in [9.17, 15) is 5.48 Å². The quantitative estimate of drug-likeness (QED) is 0.198. The average Bonchev–Trinajstić information content (AvgIpc) is 3.55. The van der Waals surface area contributed by atoms with Crippen LogP contribution in [0, 0.1) is 0 Å². The zero-order valence-corrected chi connectivity index (χ0v) is 22.8. The van der Waals surface area contributed by atoms with Crippen molar-refractivity contribution in [3.05, 3.63) is 158 Å². The molecular weight excluding hydrogens is 520 g/mol. The van der Waals surface area contributed by atoms with Crippen molar-refractivity contribution in [1.82, 2.24) is 0 Å². The number of benzene rings is 8. The van der Waals surface area contributed by atoms with Gasteiger partial charge in [0.15, 0.2) is 0 Å². The van der Waals surface area contributed by atoms with Crippen LogP contribution in [0.15, 0.2) is 162 Å². The Hall–Kier alpha value is -5.66. The average molecular weight is 555 g/mol. The van der Waals surface area contributed by atoms with E-state index in [-0.39, 0.29) is 45.7 Å². The van der Waals surface area contributed by atoms with E-state index in [1.165, 1.54) is 0 Å². The van der Waals surface area contributed by atoms with Crippen LogP contribution < -0.4 is 0 Å². The smallest absolute Gasteiger partial charge is 0.143 e. The van der Waals surface area contributed by atoms with Crippen LogP contribution in [-0.4, -0.2) is 0 Å². The molecule has 0 saturated heterocycles. The molecule has 200 valence electrons. The van der Waals surface area contributed by atoms with Gasteiger partial charge in [-0.05, 0) is 84.6 Å². The predicted octanol–water partition coefficient (Wildman–Crippen LogP) is 12.0. The summed E-state index contributed by atoms with van der Waals surface area (Å²) in [5, 5.41) is 4.33. The van der Waals surface area contributed by atoms with E-state index in [1.807, 2.05) is 103 Å². The monoisotopic (exact) mass is 554 g/mol. The van der Waals surface area contributed by atoms with Crippen molar-refractivity contribution in [1.29, 1.82) is 0 Å². The third-order valence-corrected chi connectivity index (χ3v) is 8.28. The van der Waals surface area contributed by atoms with Crippen molar-refractivity contribution >= 4 is 54.3 Å². The first-order valence-electron chi connectivity index (χ1n) is 18.1. The van der Waals surface area contributed by atoms with E-state index in [0.29, 0.717) is 33.4 Å². The molecule has 1 aromatic heterocycles. The summed E-state index contributed by atoms with van der Waals surface area (Å²) in [4.78, 5) is 0. The van der Waals surface area contributed by atoms with Gasteiger partial charge in [0.05, 0.1) is 11.0 Å². The highest BCUT2D eigenvalue weighted by Gasteiger charge is 2.18. The van der Waals surface area contributed by atoms with Crippen LogP contribution in [0.3, 0.4) is 0 Å². The van der Waals surface area contributed by atoms with E-state index in [2.05, 4.69) is 0 Å². The lowest BCUT2D eigenvalue weighted by molar-refractivity contribution is 0.672. The van der Waals surface area contributed by atoms with Crippen molar-refractivity contribution in [2.75, 3.05) is 0 Å². The molecule has 9 rings (SSSR count). The molecule has 0 bridgehead atoms. The van der Waals surface area contributed by atoms with Gasteiger partial charge in [0.2, 0.25) is 0 Å². The van der Waals surface area contributed by atoms with Crippen molar-refractivity contribution < 1.29 is 15.4 Å². The Bertz CT molecular complexity index is 2870. The summed E-state index contributed by atoms with van der Waals surface area (Å²) in [6.07, 6.45) is 0. The molecule has 0 fully saturated rings. The maximum absolute atomic E-state index is 9.30. The van der Waals surface area contributed by atoms with E-state index < -0.39 is 24.2 Å². The molecule has 8 aromatic carbocycles. The van der Waals surface area contributed by atoms with Gasteiger partial charge in [-0.2, -0.15) is 0 Å². The Kier molecular flexibility index (Phi) is 3.80. The van der Waals surface area contributed by atoms with Crippen LogP contribution in [0.2, 0.25) is 0 Å². The molecule has 0 spiro atoms. The zero-order chi connectivity index (χ0) is 35.3. The maximum Gasteiger partial charge on any atom is 0.143 e. The summed E-state index contributed by atoms with van der Waals surface area (Å²) in [7, 11) is 0. The lowest BCUT2D eigenvalue weighted by atomic mass is 9.85. The Labute approximate surface area is 260 Å². The number of furan rings is 1. The zero-order valence-electron chi connectivity index (χ0n) is 30.8. The second-order valence-electron chi connectivity index (χ2n) is 10.7. The molecule has 9 aromatic rings. The molecule has 0 saturated carbocycles. The normalized spacial score (nSPS) is 14.3. The molecule has 43 heavy (non-hydrogen) atoms. The van der Waals surface area contributed by atoms with Gasteiger partial charge in [0, 0.05) is 16.2 Å². The van der Waals surface area contributed by atoms with Crippen LogP contribution in [0.1, 0.15) is 11.0 Å². The second kappa shape index (κ2) is 9.44. The largest absolute Gasteiger partial charge is 0.455 e. The fourth-order valence-corrected chi connectivity index (χ4v) is 6.35. The van der Waals surface area contributed by atoms with Crippen LogP contribution in [0.25, 0.3) is 87.6 Å². The second-order valence-corrected chi connectivity index (χ2v) is 10.7. The minimum Gasteiger partial charge on any atom is -0.455 e.